The van der Waals surface area contributed by atoms with Gasteiger partial charge in [-0.3, -0.25) is 10.5 Å². The molecule has 0 radical (unpaired) electrons. The molecule has 2 unspecified atom stereocenters. The quantitative estimate of drug-likeness (QED) is 0.325. The maximum Gasteiger partial charge on any atom is 0.317 e. The molecule has 132 valence electrons. The second kappa shape index (κ2) is 11.4. The molecule has 0 aliphatic heterocycles. The van der Waals surface area contributed by atoms with Crippen molar-refractivity contribution in [1.29, 1.82) is 0 Å². The summed E-state index contributed by atoms with van der Waals surface area (Å²) in [6, 6.07) is 0. The molecule has 0 fully saturated rings. The van der Waals surface area contributed by atoms with Crippen molar-refractivity contribution in [3.63, 3.8) is 0 Å². The van der Waals surface area contributed by atoms with Crippen LogP contribution in [-0.2, 0) is 9.53 Å². The van der Waals surface area contributed by atoms with Gasteiger partial charge in [-0.05, 0) is 12.5 Å². The average Bonchev–Trinajstić information content (AvgIpc) is 2.52. The van der Waals surface area contributed by atoms with Crippen LogP contribution in [0.4, 0.5) is 0 Å². The molecule has 4 nitrogen and oxygen atoms in total. The van der Waals surface area contributed by atoms with E-state index in [0.29, 0.717) is 6.61 Å². The van der Waals surface area contributed by atoms with Gasteiger partial charge in [-0.2, -0.15) is 0 Å². The molecule has 0 heterocycles. The highest BCUT2D eigenvalue weighted by Gasteiger charge is 2.36. The summed E-state index contributed by atoms with van der Waals surface area (Å²) in [4.78, 5) is 11.9. The van der Waals surface area contributed by atoms with Gasteiger partial charge in [-0.1, -0.05) is 82.9 Å². The fourth-order valence-corrected chi connectivity index (χ4v) is 2.76. The van der Waals surface area contributed by atoms with Gasteiger partial charge in [-0.15, -0.1) is 0 Å². The van der Waals surface area contributed by atoms with Crippen LogP contribution >= 0.6 is 0 Å². The first kappa shape index (κ1) is 19.9. The van der Waals surface area contributed by atoms with Crippen LogP contribution in [0.5, 0.6) is 0 Å². The maximum atomic E-state index is 11.9. The topological polar surface area (TPSA) is 72.5 Å². The molecule has 1 aliphatic carbocycles. The molecule has 0 saturated heterocycles. The predicted octanol–water partition coefficient (Wildman–Crippen LogP) is 3.84. The van der Waals surface area contributed by atoms with E-state index in [1.165, 1.54) is 57.4 Å². The van der Waals surface area contributed by atoms with Crippen molar-refractivity contribution >= 4 is 5.97 Å². The summed E-state index contributed by atoms with van der Waals surface area (Å²) in [7, 11) is 0. The van der Waals surface area contributed by atoms with Crippen LogP contribution in [0.15, 0.2) is 24.3 Å². The van der Waals surface area contributed by atoms with Gasteiger partial charge >= 0.3 is 5.97 Å². The number of rotatable bonds is 12. The number of ether oxygens (including phenoxy) is 1. The van der Waals surface area contributed by atoms with E-state index in [-0.39, 0.29) is 0 Å². The van der Waals surface area contributed by atoms with Gasteiger partial charge in [0.25, 0.3) is 0 Å². The minimum absolute atomic E-state index is 0.402. The molecule has 0 aromatic carbocycles. The van der Waals surface area contributed by atoms with Crippen molar-refractivity contribution < 1.29 is 14.6 Å². The Balaban J connectivity index is 1.98. The molecule has 2 atom stereocenters. The molecule has 0 bridgehead atoms. The molecule has 0 aromatic rings. The zero-order valence-corrected chi connectivity index (χ0v) is 14.5. The smallest absolute Gasteiger partial charge is 0.317 e. The molecule has 1 rings (SSSR count). The fourth-order valence-electron chi connectivity index (χ4n) is 2.76. The van der Waals surface area contributed by atoms with Crippen molar-refractivity contribution in [1.82, 2.24) is 0 Å². The summed E-state index contributed by atoms with van der Waals surface area (Å²) in [6.45, 7) is 2.64. The third-order valence-electron chi connectivity index (χ3n) is 4.27. The molecule has 1 aliphatic rings. The zero-order chi connectivity index (χ0) is 17.0. The summed E-state index contributed by atoms with van der Waals surface area (Å²) in [5, 5.41) is 9.92. The standard InChI is InChI=1S/C19H33NO3/c1-2-3-4-5-6-7-8-9-10-13-16-23-18(21)17-14-11-12-15-19(17,20)22/h11-12,14-15,17,22H,2-10,13,16,20H2,1H3. The number of nitrogens with two attached hydrogens (primary N) is 1. The summed E-state index contributed by atoms with van der Waals surface area (Å²) in [5.74, 6) is -1.26. The van der Waals surface area contributed by atoms with Crippen LogP contribution in [0, 0.1) is 5.92 Å². The van der Waals surface area contributed by atoms with Crippen molar-refractivity contribution in [3.05, 3.63) is 24.3 Å². The number of aliphatic hydroxyl groups is 1. The van der Waals surface area contributed by atoms with Crippen molar-refractivity contribution in [3.8, 4) is 0 Å². The van der Waals surface area contributed by atoms with E-state index < -0.39 is 17.6 Å². The molecule has 3 N–H and O–H groups in total. The summed E-state index contributed by atoms with van der Waals surface area (Å²) >= 11 is 0. The Kier molecular flexibility index (Phi) is 9.88. The Morgan fingerprint density at radius 1 is 1.04 bits per heavy atom. The van der Waals surface area contributed by atoms with Crippen molar-refractivity contribution in [2.45, 2.75) is 76.9 Å². The van der Waals surface area contributed by atoms with Gasteiger partial charge in [0.15, 0.2) is 0 Å². The lowest BCUT2D eigenvalue weighted by molar-refractivity contribution is -0.153. The SMILES string of the molecule is CCCCCCCCCCCCOC(=O)C1C=CC=CC1(N)O. The molecule has 0 spiro atoms. The monoisotopic (exact) mass is 323 g/mol. The van der Waals surface area contributed by atoms with Crippen LogP contribution in [0.1, 0.15) is 71.1 Å². The average molecular weight is 323 g/mol. The number of allylic oxidation sites excluding steroid dienone is 2. The number of hydrogen-bond acceptors (Lipinski definition) is 4. The summed E-state index contributed by atoms with van der Waals surface area (Å²) < 4.78 is 5.23. The molecular weight excluding hydrogens is 290 g/mol. The molecule has 23 heavy (non-hydrogen) atoms. The minimum Gasteiger partial charge on any atom is -0.465 e. The summed E-state index contributed by atoms with van der Waals surface area (Å²) in [6.07, 6.45) is 18.8. The lowest BCUT2D eigenvalue weighted by Gasteiger charge is -2.27. The predicted molar refractivity (Wildman–Crippen MR) is 93.7 cm³/mol. The van der Waals surface area contributed by atoms with Crippen LogP contribution in [0.25, 0.3) is 0 Å². The minimum atomic E-state index is -1.64. The highest BCUT2D eigenvalue weighted by atomic mass is 16.5. The van der Waals surface area contributed by atoms with Crippen molar-refractivity contribution in [2.75, 3.05) is 6.61 Å². The first-order valence-electron chi connectivity index (χ1n) is 9.12. The number of hydrogen-bond donors (Lipinski definition) is 2. The molecular formula is C19H33NO3. The lowest BCUT2D eigenvalue weighted by Crippen LogP contribution is -2.49. The Morgan fingerprint density at radius 3 is 2.17 bits per heavy atom. The number of carbonyl (C=O) groups excluding carboxylic acids is 1. The van der Waals surface area contributed by atoms with Crippen LogP contribution in [-0.4, -0.2) is 23.4 Å². The van der Waals surface area contributed by atoms with E-state index >= 15 is 0 Å². The lowest BCUT2D eigenvalue weighted by atomic mass is 9.92. The largest absolute Gasteiger partial charge is 0.465 e. The van der Waals surface area contributed by atoms with Crippen molar-refractivity contribution in [2.24, 2.45) is 11.7 Å². The van der Waals surface area contributed by atoms with E-state index in [4.69, 9.17) is 10.5 Å². The highest BCUT2D eigenvalue weighted by molar-refractivity contribution is 5.76. The molecule has 0 amide bonds. The van der Waals surface area contributed by atoms with E-state index in [1.807, 2.05) is 0 Å². The molecule has 4 heteroatoms. The molecule has 0 saturated carbocycles. The first-order valence-corrected chi connectivity index (χ1v) is 9.12. The van der Waals surface area contributed by atoms with E-state index in [9.17, 15) is 9.90 Å². The van der Waals surface area contributed by atoms with Crippen LogP contribution in [0.2, 0.25) is 0 Å². The Hall–Kier alpha value is -1.13. The van der Waals surface area contributed by atoms with Gasteiger partial charge < -0.3 is 9.84 Å². The molecule has 0 aromatic heterocycles. The second-order valence-electron chi connectivity index (χ2n) is 6.46. The fraction of sp³-hybridized carbons (Fsp3) is 0.737. The van der Waals surface area contributed by atoms with Gasteiger partial charge in [0.05, 0.1) is 6.61 Å². The first-order chi connectivity index (χ1) is 11.1. The Bertz CT molecular complexity index is 388. The third-order valence-corrected chi connectivity index (χ3v) is 4.27. The van der Waals surface area contributed by atoms with Crippen LogP contribution in [0.3, 0.4) is 0 Å². The third kappa shape index (κ3) is 8.33. The van der Waals surface area contributed by atoms with Gasteiger partial charge in [0, 0.05) is 0 Å². The number of esters is 1. The Labute approximate surface area is 140 Å². The van der Waals surface area contributed by atoms with Crippen LogP contribution < -0.4 is 5.73 Å². The van der Waals surface area contributed by atoms with E-state index in [2.05, 4.69) is 6.92 Å². The Morgan fingerprint density at radius 2 is 1.61 bits per heavy atom. The second-order valence-corrected chi connectivity index (χ2v) is 6.46. The summed E-state index contributed by atoms with van der Waals surface area (Å²) in [5.41, 5.74) is 4.03. The number of carbonyl (C=O) groups is 1. The van der Waals surface area contributed by atoms with Gasteiger partial charge in [0.1, 0.15) is 11.6 Å². The number of unbranched alkanes of at least 4 members (excludes halogenated alkanes) is 9. The maximum absolute atomic E-state index is 11.9. The normalized spacial score (nSPS) is 23.2. The zero-order valence-electron chi connectivity index (χ0n) is 14.5. The van der Waals surface area contributed by atoms with Gasteiger partial charge in [-0.25, -0.2) is 0 Å². The van der Waals surface area contributed by atoms with E-state index in [1.54, 1.807) is 18.2 Å². The van der Waals surface area contributed by atoms with E-state index in [0.717, 1.165) is 12.8 Å². The van der Waals surface area contributed by atoms with Gasteiger partial charge in [0.2, 0.25) is 0 Å². The highest BCUT2D eigenvalue weighted by Crippen LogP contribution is 2.21.